The van der Waals surface area contributed by atoms with Crippen LogP contribution in [0.1, 0.15) is 37.7 Å². The summed E-state index contributed by atoms with van der Waals surface area (Å²) in [5.74, 6) is 0.288. The molecule has 1 aliphatic rings. The Labute approximate surface area is 124 Å². The molecule has 1 saturated carbocycles. The molecule has 0 radical (unpaired) electrons. The summed E-state index contributed by atoms with van der Waals surface area (Å²) in [4.78, 5) is 0. The summed E-state index contributed by atoms with van der Waals surface area (Å²) in [6.45, 7) is 0. The Kier molecular flexibility index (Phi) is 4.90. The lowest BCUT2D eigenvalue weighted by Crippen LogP contribution is -2.22. The van der Waals surface area contributed by atoms with E-state index >= 15 is 0 Å². The van der Waals surface area contributed by atoms with Gasteiger partial charge >= 0.3 is 10.1 Å². The number of hydrogen-bond donors (Lipinski definition) is 0. The minimum atomic E-state index is -3.64. The predicted octanol–water partition coefficient (Wildman–Crippen LogP) is 3.50. The van der Waals surface area contributed by atoms with Crippen LogP contribution in [0.25, 0.3) is 0 Å². The lowest BCUT2D eigenvalue weighted by molar-refractivity contribution is 0.375. The zero-order valence-electron chi connectivity index (χ0n) is 11.0. The van der Waals surface area contributed by atoms with Crippen LogP contribution < -0.4 is 4.18 Å². The summed E-state index contributed by atoms with van der Waals surface area (Å²) in [6.07, 6.45) is 5.21. The lowest BCUT2D eigenvalue weighted by Gasteiger charge is -2.21. The molecule has 1 fully saturated rings. The van der Waals surface area contributed by atoms with Crippen molar-refractivity contribution in [2.24, 2.45) is 5.92 Å². The van der Waals surface area contributed by atoms with E-state index in [9.17, 15) is 8.42 Å². The molecule has 0 bridgehead atoms. The summed E-state index contributed by atoms with van der Waals surface area (Å²) < 4.78 is 29.1. The molecule has 0 aromatic heterocycles. The first-order valence-electron chi connectivity index (χ1n) is 6.62. The van der Waals surface area contributed by atoms with E-state index in [0.29, 0.717) is 5.56 Å². The molecular weight excluding hydrogens is 298 g/mol. The average Bonchev–Trinajstić information content (AvgIpc) is 2.41. The Hall–Kier alpha value is -1.25. The van der Waals surface area contributed by atoms with Crippen LogP contribution in [0.4, 0.5) is 0 Å². The number of halogens is 1. The number of benzene rings is 1. The Morgan fingerprint density at radius 1 is 1.30 bits per heavy atom. The molecule has 0 spiro atoms. The van der Waals surface area contributed by atoms with Crippen molar-refractivity contribution in [3.63, 3.8) is 0 Å². The second-order valence-electron chi connectivity index (χ2n) is 5.07. The highest BCUT2D eigenvalue weighted by molar-refractivity contribution is 7.87. The summed E-state index contributed by atoms with van der Waals surface area (Å²) in [5, 5.41) is 8.87. The summed E-state index contributed by atoms with van der Waals surface area (Å²) in [6, 6.07) is 6.23. The van der Waals surface area contributed by atoms with E-state index in [0.717, 1.165) is 25.7 Å². The maximum atomic E-state index is 12.0. The van der Waals surface area contributed by atoms with Gasteiger partial charge in [-0.3, -0.25) is 0 Å². The fourth-order valence-corrected chi connectivity index (χ4v) is 4.11. The first-order valence-corrected chi connectivity index (χ1v) is 8.57. The van der Waals surface area contributed by atoms with Crippen molar-refractivity contribution in [3.05, 3.63) is 28.8 Å². The van der Waals surface area contributed by atoms with Crippen molar-refractivity contribution < 1.29 is 12.6 Å². The van der Waals surface area contributed by atoms with Crippen LogP contribution >= 0.6 is 11.6 Å². The van der Waals surface area contributed by atoms with Crippen LogP contribution in [-0.2, 0) is 10.1 Å². The maximum absolute atomic E-state index is 12.0. The van der Waals surface area contributed by atoms with E-state index in [2.05, 4.69) is 0 Å². The molecule has 1 aromatic rings. The normalized spacial score (nSPS) is 16.6. The quantitative estimate of drug-likeness (QED) is 0.798. The number of nitrogens with zero attached hydrogens (tertiary/aromatic N) is 1. The van der Waals surface area contributed by atoms with E-state index in [1.165, 1.54) is 24.6 Å². The van der Waals surface area contributed by atoms with Crippen molar-refractivity contribution in [1.82, 2.24) is 0 Å². The molecule has 0 N–H and O–H groups in total. The van der Waals surface area contributed by atoms with E-state index in [1.54, 1.807) is 0 Å². The van der Waals surface area contributed by atoms with Crippen LogP contribution in [0.5, 0.6) is 5.75 Å². The topological polar surface area (TPSA) is 67.2 Å². The van der Waals surface area contributed by atoms with Gasteiger partial charge in [-0.25, -0.2) is 0 Å². The highest BCUT2D eigenvalue weighted by Gasteiger charge is 2.23. The number of hydrogen-bond acceptors (Lipinski definition) is 4. The van der Waals surface area contributed by atoms with Crippen molar-refractivity contribution in [2.75, 3.05) is 5.75 Å². The molecule has 1 aromatic carbocycles. The van der Waals surface area contributed by atoms with Gasteiger partial charge in [0.25, 0.3) is 0 Å². The van der Waals surface area contributed by atoms with Gasteiger partial charge < -0.3 is 4.18 Å². The molecule has 108 valence electrons. The van der Waals surface area contributed by atoms with Crippen LogP contribution in [0.3, 0.4) is 0 Å². The molecule has 4 nitrogen and oxygen atoms in total. The van der Waals surface area contributed by atoms with E-state index in [-0.39, 0.29) is 22.4 Å². The SMILES string of the molecule is N#Cc1ccc(OS(=O)(=O)CC2CCCCC2)c(Cl)c1. The number of nitriles is 1. The van der Waals surface area contributed by atoms with Crippen LogP contribution in [0.2, 0.25) is 5.02 Å². The van der Waals surface area contributed by atoms with Crippen molar-refractivity contribution in [1.29, 1.82) is 5.26 Å². The molecule has 6 heteroatoms. The molecule has 20 heavy (non-hydrogen) atoms. The standard InChI is InChI=1S/C14H16ClNO3S/c15-13-8-12(9-16)6-7-14(13)19-20(17,18)10-11-4-2-1-3-5-11/h6-8,11H,1-5,10H2. The minimum Gasteiger partial charge on any atom is -0.381 e. The van der Waals surface area contributed by atoms with Gasteiger partial charge in [-0.05, 0) is 37.0 Å². The third-order valence-corrected chi connectivity index (χ3v) is 5.05. The molecular formula is C14H16ClNO3S. The van der Waals surface area contributed by atoms with Gasteiger partial charge in [-0.1, -0.05) is 30.9 Å². The molecule has 0 heterocycles. The Morgan fingerprint density at radius 3 is 2.60 bits per heavy atom. The summed E-state index contributed by atoms with van der Waals surface area (Å²) in [7, 11) is -3.64. The minimum absolute atomic E-state index is 0.0311. The molecule has 1 aliphatic carbocycles. The van der Waals surface area contributed by atoms with E-state index < -0.39 is 10.1 Å². The monoisotopic (exact) mass is 313 g/mol. The Balaban J connectivity index is 2.06. The van der Waals surface area contributed by atoms with Gasteiger partial charge in [-0.15, -0.1) is 0 Å². The predicted molar refractivity (Wildman–Crippen MR) is 77.2 cm³/mol. The second-order valence-corrected chi connectivity index (χ2v) is 7.09. The third kappa shape index (κ3) is 4.12. The summed E-state index contributed by atoms with van der Waals surface area (Å²) in [5.41, 5.74) is 0.368. The smallest absolute Gasteiger partial charge is 0.309 e. The van der Waals surface area contributed by atoms with Gasteiger partial charge in [-0.2, -0.15) is 13.7 Å². The van der Waals surface area contributed by atoms with Gasteiger partial charge in [0.1, 0.15) is 0 Å². The van der Waals surface area contributed by atoms with Crippen LogP contribution in [0, 0.1) is 17.2 Å². The zero-order chi connectivity index (χ0) is 14.6. The van der Waals surface area contributed by atoms with E-state index in [4.69, 9.17) is 21.0 Å². The molecule has 0 atom stereocenters. The zero-order valence-corrected chi connectivity index (χ0v) is 12.6. The second kappa shape index (κ2) is 6.47. The van der Waals surface area contributed by atoms with Gasteiger partial charge in [0.05, 0.1) is 22.4 Å². The first kappa shape index (κ1) is 15.1. The fourth-order valence-electron chi connectivity index (χ4n) is 2.45. The highest BCUT2D eigenvalue weighted by Crippen LogP contribution is 2.29. The maximum Gasteiger partial charge on any atom is 0.309 e. The summed E-state index contributed by atoms with van der Waals surface area (Å²) >= 11 is 5.92. The fraction of sp³-hybridized carbons (Fsp3) is 0.500. The molecule has 0 amide bonds. The van der Waals surface area contributed by atoms with E-state index in [1.807, 2.05) is 6.07 Å². The first-order chi connectivity index (χ1) is 9.50. The largest absolute Gasteiger partial charge is 0.381 e. The van der Waals surface area contributed by atoms with Gasteiger partial charge in [0.15, 0.2) is 5.75 Å². The van der Waals surface area contributed by atoms with Crippen molar-refractivity contribution in [3.8, 4) is 11.8 Å². The van der Waals surface area contributed by atoms with Crippen LogP contribution in [-0.4, -0.2) is 14.2 Å². The van der Waals surface area contributed by atoms with Crippen LogP contribution in [0.15, 0.2) is 18.2 Å². The van der Waals surface area contributed by atoms with Crippen molar-refractivity contribution in [2.45, 2.75) is 32.1 Å². The average molecular weight is 314 g/mol. The Bertz CT molecular complexity index is 616. The van der Waals surface area contributed by atoms with Gasteiger partial charge in [0.2, 0.25) is 0 Å². The highest BCUT2D eigenvalue weighted by atomic mass is 35.5. The number of rotatable bonds is 4. The molecule has 0 aliphatic heterocycles. The van der Waals surface area contributed by atoms with Crippen molar-refractivity contribution >= 4 is 21.7 Å². The third-order valence-electron chi connectivity index (χ3n) is 3.44. The molecule has 2 rings (SSSR count). The molecule has 0 saturated heterocycles. The molecule has 0 unspecified atom stereocenters. The Morgan fingerprint density at radius 2 is 2.00 bits per heavy atom. The lowest BCUT2D eigenvalue weighted by atomic mass is 9.91. The van der Waals surface area contributed by atoms with Gasteiger partial charge in [0, 0.05) is 0 Å².